The Bertz CT molecular complexity index is 867. The summed E-state index contributed by atoms with van der Waals surface area (Å²) in [4.78, 5) is 23.6. The monoisotopic (exact) mass is 399 g/mol. The lowest BCUT2D eigenvalue weighted by molar-refractivity contribution is -0.121. The molecule has 2 aromatic rings. The molecule has 2 amide bonds. The van der Waals surface area contributed by atoms with Crippen LogP contribution >= 0.6 is 0 Å². The maximum atomic E-state index is 11.9. The van der Waals surface area contributed by atoms with Gasteiger partial charge in [0, 0.05) is 18.4 Å². The average molecular weight is 399 g/mol. The minimum absolute atomic E-state index is 0.00942. The molecule has 2 rings (SSSR count). The van der Waals surface area contributed by atoms with E-state index in [0.29, 0.717) is 36.9 Å². The lowest BCUT2D eigenvalue weighted by Gasteiger charge is -2.06. The highest BCUT2D eigenvalue weighted by molar-refractivity contribution is 5.92. The zero-order valence-corrected chi connectivity index (χ0v) is 16.0. The molecule has 29 heavy (non-hydrogen) atoms. The Hall–Kier alpha value is -3.55. The summed E-state index contributed by atoms with van der Waals surface area (Å²) in [5.74, 6) is -0.432. The van der Waals surface area contributed by atoms with Crippen LogP contribution in [0.4, 0.5) is 5.69 Å². The Labute approximate surface area is 168 Å². The number of carbonyl (C=O) groups is 2. The first-order valence-electron chi connectivity index (χ1n) is 9.37. The second kappa shape index (κ2) is 11.3. The fourth-order valence-electron chi connectivity index (χ4n) is 2.59. The quantitative estimate of drug-likeness (QED) is 0.138. The fraction of sp³-hybridized carbons (Fsp3) is 0.286. The predicted molar refractivity (Wildman–Crippen MR) is 110 cm³/mol. The number of rotatable bonds is 10. The maximum absolute atomic E-state index is 11.9. The van der Waals surface area contributed by atoms with Gasteiger partial charge in [-0.15, -0.1) is 0 Å². The molecule has 0 atom stereocenters. The first-order chi connectivity index (χ1) is 14.0. The van der Waals surface area contributed by atoms with Crippen molar-refractivity contribution in [2.45, 2.75) is 38.5 Å². The number of para-hydroxylation sites is 2. The maximum Gasteiger partial charge on any atom is 0.240 e. The van der Waals surface area contributed by atoms with E-state index in [2.05, 4.69) is 15.8 Å². The zero-order chi connectivity index (χ0) is 21.1. The van der Waals surface area contributed by atoms with Crippen molar-refractivity contribution in [3.05, 3.63) is 48.0 Å². The number of amides is 2. The van der Waals surface area contributed by atoms with E-state index in [1.807, 2.05) is 0 Å². The molecule has 0 saturated carbocycles. The van der Waals surface area contributed by atoms with E-state index in [1.54, 1.807) is 18.2 Å². The van der Waals surface area contributed by atoms with Crippen LogP contribution in [0.2, 0.25) is 0 Å². The molecule has 0 aliphatic heterocycles. The number of nitrogens with one attached hydrogen (secondary N) is 2. The summed E-state index contributed by atoms with van der Waals surface area (Å²) in [6.45, 7) is 0. The summed E-state index contributed by atoms with van der Waals surface area (Å²) in [6, 6.07) is 10.6. The molecule has 0 spiro atoms. The average Bonchev–Trinajstić information content (AvgIpc) is 2.69. The third-order valence-corrected chi connectivity index (χ3v) is 4.14. The molecule has 5 N–H and O–H groups in total. The number of nitrogens with zero attached hydrogens (tertiary/aromatic N) is 1. The third kappa shape index (κ3) is 7.92. The molecule has 0 aromatic heterocycles. The number of hydrogen-bond donors (Lipinski definition) is 5. The van der Waals surface area contributed by atoms with Crippen molar-refractivity contribution < 1.29 is 24.9 Å². The smallest absolute Gasteiger partial charge is 0.240 e. The van der Waals surface area contributed by atoms with Gasteiger partial charge in [0.25, 0.3) is 0 Å². The number of phenolic OH excluding ortho intramolecular Hbond substituents is 3. The summed E-state index contributed by atoms with van der Waals surface area (Å²) >= 11 is 0. The molecule has 8 nitrogen and oxygen atoms in total. The molecule has 154 valence electrons. The Balaban J connectivity index is 1.56. The summed E-state index contributed by atoms with van der Waals surface area (Å²) in [5, 5.41) is 35.0. The van der Waals surface area contributed by atoms with E-state index in [-0.39, 0.29) is 29.1 Å². The van der Waals surface area contributed by atoms with E-state index in [4.69, 9.17) is 0 Å². The van der Waals surface area contributed by atoms with Crippen LogP contribution in [0.5, 0.6) is 17.2 Å². The number of carbonyl (C=O) groups excluding carboxylic acids is 2. The van der Waals surface area contributed by atoms with Crippen molar-refractivity contribution in [1.82, 2.24) is 5.43 Å². The van der Waals surface area contributed by atoms with Crippen molar-refractivity contribution in [1.29, 1.82) is 0 Å². The normalized spacial score (nSPS) is 10.8. The predicted octanol–water partition coefficient (Wildman–Crippen LogP) is 3.23. The fourth-order valence-corrected chi connectivity index (χ4v) is 2.59. The number of unbranched alkanes of at least 4 members (excludes halogenated alkanes) is 3. The van der Waals surface area contributed by atoms with E-state index < -0.39 is 0 Å². The molecule has 0 fully saturated rings. The highest BCUT2D eigenvalue weighted by atomic mass is 16.3. The van der Waals surface area contributed by atoms with E-state index in [0.717, 1.165) is 12.8 Å². The van der Waals surface area contributed by atoms with Crippen LogP contribution in [0.25, 0.3) is 0 Å². The molecule has 0 radical (unpaired) electrons. The first kappa shape index (κ1) is 21.7. The summed E-state index contributed by atoms with van der Waals surface area (Å²) in [7, 11) is 0. The second-order valence-electron chi connectivity index (χ2n) is 6.52. The van der Waals surface area contributed by atoms with Gasteiger partial charge in [0.15, 0.2) is 0 Å². The molecule has 0 bridgehead atoms. The third-order valence-electron chi connectivity index (χ3n) is 4.14. The zero-order valence-electron chi connectivity index (χ0n) is 16.0. The molecule has 2 aromatic carbocycles. The van der Waals surface area contributed by atoms with Gasteiger partial charge >= 0.3 is 0 Å². The summed E-state index contributed by atoms with van der Waals surface area (Å²) in [5.41, 5.74) is 3.07. The highest BCUT2D eigenvalue weighted by Crippen LogP contribution is 2.22. The van der Waals surface area contributed by atoms with Crippen LogP contribution in [-0.4, -0.2) is 33.3 Å². The number of hydrogen-bond acceptors (Lipinski definition) is 6. The van der Waals surface area contributed by atoms with Crippen LogP contribution in [-0.2, 0) is 9.59 Å². The number of phenols is 3. The van der Waals surface area contributed by atoms with Crippen molar-refractivity contribution in [3.8, 4) is 17.2 Å². The van der Waals surface area contributed by atoms with Crippen molar-refractivity contribution in [3.63, 3.8) is 0 Å². The molecule has 0 unspecified atom stereocenters. The minimum atomic E-state index is -0.252. The highest BCUT2D eigenvalue weighted by Gasteiger charge is 2.06. The minimum Gasteiger partial charge on any atom is -0.508 e. The standard InChI is InChI=1S/C21H25N3O5/c25-16-11-12-18(26)15(13-16)14-22-24-21(29)10-4-2-1-3-9-20(28)23-17-7-5-6-8-19(17)27/h5-8,11-14,25-27H,1-4,9-10H2,(H,23,28)(H,24,29)/b22-14+. The van der Waals surface area contributed by atoms with Crippen LogP contribution in [0, 0.1) is 0 Å². The van der Waals surface area contributed by atoms with Gasteiger partial charge in [-0.1, -0.05) is 25.0 Å². The van der Waals surface area contributed by atoms with E-state index >= 15 is 0 Å². The molecule has 0 aliphatic rings. The lowest BCUT2D eigenvalue weighted by Crippen LogP contribution is -2.16. The number of aromatic hydroxyl groups is 3. The Morgan fingerprint density at radius 3 is 2.28 bits per heavy atom. The van der Waals surface area contributed by atoms with E-state index in [9.17, 15) is 24.9 Å². The van der Waals surface area contributed by atoms with Crippen LogP contribution in [0.1, 0.15) is 44.1 Å². The summed E-state index contributed by atoms with van der Waals surface area (Å²) in [6.07, 6.45) is 4.87. The van der Waals surface area contributed by atoms with E-state index in [1.165, 1.54) is 30.5 Å². The van der Waals surface area contributed by atoms with Crippen molar-refractivity contribution in [2.75, 3.05) is 5.32 Å². The largest absolute Gasteiger partial charge is 0.508 e. The van der Waals surface area contributed by atoms with Gasteiger partial charge in [0.1, 0.15) is 17.2 Å². The van der Waals surface area contributed by atoms with Gasteiger partial charge in [0.05, 0.1) is 11.9 Å². The molecular weight excluding hydrogens is 374 g/mol. The number of anilines is 1. The Kier molecular flexibility index (Phi) is 8.50. The van der Waals surface area contributed by atoms with Gasteiger partial charge in [-0.2, -0.15) is 5.10 Å². The molecule has 8 heteroatoms. The van der Waals surface area contributed by atoms with Crippen LogP contribution in [0.3, 0.4) is 0 Å². The molecular formula is C21H25N3O5. The van der Waals surface area contributed by atoms with Gasteiger partial charge in [-0.05, 0) is 43.2 Å². The molecule has 0 heterocycles. The molecule has 0 aliphatic carbocycles. The SMILES string of the molecule is O=C(CCCCCCC(=O)Nc1ccccc1O)N/N=C/c1cc(O)ccc1O. The molecule has 0 saturated heterocycles. The lowest BCUT2D eigenvalue weighted by atomic mass is 10.1. The van der Waals surface area contributed by atoms with Gasteiger partial charge < -0.3 is 20.6 Å². The topological polar surface area (TPSA) is 131 Å². The van der Waals surface area contributed by atoms with Crippen molar-refractivity contribution >= 4 is 23.7 Å². The number of benzene rings is 2. The first-order valence-corrected chi connectivity index (χ1v) is 9.37. The van der Waals surface area contributed by atoms with Crippen LogP contribution < -0.4 is 10.7 Å². The second-order valence-corrected chi connectivity index (χ2v) is 6.52. The van der Waals surface area contributed by atoms with Crippen molar-refractivity contribution in [2.24, 2.45) is 5.10 Å². The summed E-state index contributed by atoms with van der Waals surface area (Å²) < 4.78 is 0. The Morgan fingerprint density at radius 1 is 0.862 bits per heavy atom. The van der Waals surface area contributed by atoms with Gasteiger partial charge in [-0.3, -0.25) is 9.59 Å². The number of hydrazone groups is 1. The Morgan fingerprint density at radius 2 is 1.55 bits per heavy atom. The van der Waals surface area contributed by atoms with Gasteiger partial charge in [-0.25, -0.2) is 5.43 Å². The van der Waals surface area contributed by atoms with Crippen LogP contribution in [0.15, 0.2) is 47.6 Å². The van der Waals surface area contributed by atoms with Gasteiger partial charge in [0.2, 0.25) is 11.8 Å².